The van der Waals surface area contributed by atoms with Gasteiger partial charge in [-0.2, -0.15) is 9.97 Å². The van der Waals surface area contributed by atoms with E-state index < -0.39 is 11.1 Å². The molecule has 0 aliphatic carbocycles. The van der Waals surface area contributed by atoms with Gasteiger partial charge < -0.3 is 11.1 Å². The van der Waals surface area contributed by atoms with Crippen LogP contribution in [0.3, 0.4) is 0 Å². The van der Waals surface area contributed by atoms with Gasteiger partial charge in [-0.15, -0.1) is 0 Å². The van der Waals surface area contributed by atoms with Gasteiger partial charge in [0.1, 0.15) is 10.8 Å². The molecule has 0 aliphatic rings. The van der Waals surface area contributed by atoms with Gasteiger partial charge in [0.05, 0.1) is 0 Å². The Morgan fingerprint density at radius 3 is 2.85 bits per heavy atom. The minimum atomic E-state index is -0.848. The molecule has 0 saturated carbocycles. The van der Waals surface area contributed by atoms with Gasteiger partial charge in [-0.3, -0.25) is 19.4 Å². The summed E-state index contributed by atoms with van der Waals surface area (Å²) in [6.45, 7) is 2.62. The van der Waals surface area contributed by atoms with Gasteiger partial charge in [0, 0.05) is 19.7 Å². The van der Waals surface area contributed by atoms with Crippen LogP contribution in [0, 0.1) is 0 Å². The van der Waals surface area contributed by atoms with Crippen LogP contribution >= 0.6 is 11.8 Å². The largest absolute Gasteiger partial charge is 0.370 e. The minimum absolute atomic E-state index is 0.111. The highest BCUT2D eigenvalue weighted by atomic mass is 32.2. The molecule has 4 N–H and O–H groups in total. The number of nitrogen functional groups attached to an aromatic ring is 1. The summed E-state index contributed by atoms with van der Waals surface area (Å²) >= 11 is 1.10. The number of anilines is 2. The highest BCUT2D eigenvalue weighted by Gasteiger charge is 2.09. The second-order valence-corrected chi connectivity index (χ2v) is 4.77. The standard InChI is InChI=1S/C10H13N7O2S/c1-3-12-5-4-6(14-9(11)13-5)20-10-15-7(18)8(19)16-17(10)2/h4H,3H2,1-2H3,(H,16,19)(H3,11,12,13,14). The zero-order valence-electron chi connectivity index (χ0n) is 10.9. The predicted octanol–water partition coefficient (Wildman–Crippen LogP) is -0.576. The molecule has 2 aromatic rings. The molecule has 0 amide bonds. The van der Waals surface area contributed by atoms with Crippen molar-refractivity contribution < 1.29 is 0 Å². The van der Waals surface area contributed by atoms with E-state index in [4.69, 9.17) is 5.73 Å². The first-order valence-electron chi connectivity index (χ1n) is 5.73. The normalized spacial score (nSPS) is 10.5. The van der Waals surface area contributed by atoms with Crippen LogP contribution in [0.4, 0.5) is 11.8 Å². The number of nitrogens with one attached hydrogen (secondary N) is 2. The Morgan fingerprint density at radius 2 is 2.15 bits per heavy atom. The van der Waals surface area contributed by atoms with Crippen LogP contribution in [-0.4, -0.2) is 31.3 Å². The van der Waals surface area contributed by atoms with Gasteiger partial charge >= 0.3 is 11.1 Å². The first-order chi connectivity index (χ1) is 9.49. The molecule has 2 aromatic heterocycles. The Hall–Kier alpha value is -2.36. The topological polar surface area (TPSA) is 132 Å². The van der Waals surface area contributed by atoms with Gasteiger partial charge in [-0.25, -0.2) is 4.98 Å². The lowest BCUT2D eigenvalue weighted by Gasteiger charge is -2.07. The van der Waals surface area contributed by atoms with Crippen LogP contribution in [-0.2, 0) is 7.05 Å². The number of H-pyrrole nitrogens is 1. The van der Waals surface area contributed by atoms with Crippen LogP contribution in [0.1, 0.15) is 6.92 Å². The smallest absolute Gasteiger partial charge is 0.339 e. The molecular formula is C10H13N7O2S. The number of aryl methyl sites for hydroxylation is 1. The van der Waals surface area contributed by atoms with Crippen molar-refractivity contribution in [1.82, 2.24) is 24.7 Å². The number of aromatic nitrogens is 5. The number of aromatic amines is 1. The van der Waals surface area contributed by atoms with Crippen molar-refractivity contribution >= 4 is 23.5 Å². The maximum absolute atomic E-state index is 11.3. The van der Waals surface area contributed by atoms with Gasteiger partial charge in [0.15, 0.2) is 5.16 Å². The van der Waals surface area contributed by atoms with Crippen molar-refractivity contribution in [3.63, 3.8) is 0 Å². The predicted molar refractivity (Wildman–Crippen MR) is 74.8 cm³/mol. The Labute approximate surface area is 117 Å². The summed E-state index contributed by atoms with van der Waals surface area (Å²) in [5.41, 5.74) is 3.99. The zero-order chi connectivity index (χ0) is 14.7. The molecule has 0 saturated heterocycles. The molecule has 0 bridgehead atoms. The molecule has 0 aliphatic heterocycles. The van der Waals surface area contributed by atoms with Crippen LogP contribution in [0.2, 0.25) is 0 Å². The third-order valence-corrected chi connectivity index (χ3v) is 3.19. The Bertz CT molecular complexity index is 739. The summed E-state index contributed by atoms with van der Waals surface area (Å²) in [5, 5.41) is 6.19. The van der Waals surface area contributed by atoms with E-state index >= 15 is 0 Å². The van der Waals surface area contributed by atoms with E-state index in [1.807, 2.05) is 6.92 Å². The molecule has 10 heteroatoms. The Morgan fingerprint density at radius 1 is 1.40 bits per heavy atom. The fraction of sp³-hybridized carbons (Fsp3) is 0.300. The number of nitrogens with two attached hydrogens (primary N) is 1. The SMILES string of the molecule is CCNc1cc(Sc2nc(=O)c(=O)[nH]n2C)nc(N)n1. The number of hydrogen-bond acceptors (Lipinski definition) is 8. The molecule has 106 valence electrons. The second kappa shape index (κ2) is 5.74. The zero-order valence-corrected chi connectivity index (χ0v) is 11.7. The van der Waals surface area contributed by atoms with Crippen LogP contribution < -0.4 is 22.2 Å². The van der Waals surface area contributed by atoms with E-state index in [1.165, 1.54) is 4.68 Å². The molecule has 0 fully saturated rings. The molecule has 9 nitrogen and oxygen atoms in total. The number of hydrogen-bond donors (Lipinski definition) is 3. The monoisotopic (exact) mass is 295 g/mol. The van der Waals surface area contributed by atoms with E-state index in [0.717, 1.165) is 11.8 Å². The Balaban J connectivity index is 2.37. The summed E-state index contributed by atoms with van der Waals surface area (Å²) < 4.78 is 1.35. The van der Waals surface area contributed by atoms with Crippen molar-refractivity contribution in [2.24, 2.45) is 7.05 Å². The summed E-state index contributed by atoms with van der Waals surface area (Å²) in [4.78, 5) is 34.1. The molecule has 0 radical (unpaired) electrons. The average Bonchev–Trinajstić information content (AvgIpc) is 2.35. The lowest BCUT2D eigenvalue weighted by atomic mass is 10.5. The fourth-order valence-corrected chi connectivity index (χ4v) is 2.22. The number of nitrogens with zero attached hydrogens (tertiary/aromatic N) is 4. The van der Waals surface area contributed by atoms with Crippen molar-refractivity contribution in [1.29, 1.82) is 0 Å². The third-order valence-electron chi connectivity index (χ3n) is 2.22. The van der Waals surface area contributed by atoms with Crippen molar-refractivity contribution in [2.75, 3.05) is 17.6 Å². The van der Waals surface area contributed by atoms with Crippen LogP contribution in [0.15, 0.2) is 25.8 Å². The van der Waals surface area contributed by atoms with E-state index in [9.17, 15) is 9.59 Å². The van der Waals surface area contributed by atoms with Gasteiger partial charge in [-0.05, 0) is 18.7 Å². The molecular weight excluding hydrogens is 282 g/mol. The molecule has 0 unspecified atom stereocenters. The van der Waals surface area contributed by atoms with Crippen molar-refractivity contribution in [2.45, 2.75) is 17.1 Å². The highest BCUT2D eigenvalue weighted by Crippen LogP contribution is 2.24. The summed E-state index contributed by atoms with van der Waals surface area (Å²) in [5.74, 6) is 0.692. The van der Waals surface area contributed by atoms with Gasteiger partial charge in [-0.1, -0.05) is 0 Å². The number of rotatable bonds is 4. The van der Waals surface area contributed by atoms with Crippen molar-refractivity contribution in [3.8, 4) is 0 Å². The fourth-order valence-electron chi connectivity index (χ4n) is 1.41. The summed E-state index contributed by atoms with van der Waals surface area (Å²) in [6.07, 6.45) is 0. The molecule has 0 spiro atoms. The highest BCUT2D eigenvalue weighted by molar-refractivity contribution is 7.99. The molecule has 2 rings (SSSR count). The quantitative estimate of drug-likeness (QED) is 0.504. The summed E-state index contributed by atoms with van der Waals surface area (Å²) in [7, 11) is 1.58. The minimum Gasteiger partial charge on any atom is -0.370 e. The Kier molecular flexibility index (Phi) is 4.03. The van der Waals surface area contributed by atoms with Crippen LogP contribution in [0.5, 0.6) is 0 Å². The van der Waals surface area contributed by atoms with E-state index in [-0.39, 0.29) is 5.95 Å². The third kappa shape index (κ3) is 3.15. The average molecular weight is 295 g/mol. The lowest BCUT2D eigenvalue weighted by molar-refractivity contribution is 0.596. The van der Waals surface area contributed by atoms with E-state index in [1.54, 1.807) is 13.1 Å². The lowest BCUT2D eigenvalue weighted by Crippen LogP contribution is -2.33. The summed E-state index contributed by atoms with van der Waals surface area (Å²) in [6, 6.07) is 1.68. The van der Waals surface area contributed by atoms with Gasteiger partial charge in [0.25, 0.3) is 0 Å². The van der Waals surface area contributed by atoms with E-state index in [0.29, 0.717) is 22.5 Å². The van der Waals surface area contributed by atoms with Gasteiger partial charge in [0.2, 0.25) is 5.95 Å². The maximum Gasteiger partial charge on any atom is 0.339 e. The maximum atomic E-state index is 11.3. The molecule has 0 atom stereocenters. The molecule has 0 aromatic carbocycles. The first kappa shape index (κ1) is 14.1. The first-order valence-corrected chi connectivity index (χ1v) is 6.55. The van der Waals surface area contributed by atoms with E-state index in [2.05, 4.69) is 25.4 Å². The van der Waals surface area contributed by atoms with Crippen molar-refractivity contribution in [3.05, 3.63) is 26.8 Å². The molecule has 20 heavy (non-hydrogen) atoms. The molecule has 2 heterocycles. The van der Waals surface area contributed by atoms with Crippen LogP contribution in [0.25, 0.3) is 0 Å². The second-order valence-electron chi connectivity index (χ2n) is 3.78.